The Morgan fingerprint density at radius 2 is 2.00 bits per heavy atom. The molecule has 0 spiro atoms. The molecule has 1 saturated carbocycles. The number of carbonyl (C=O) groups is 1. The van der Waals surface area contributed by atoms with Crippen molar-refractivity contribution in [2.75, 3.05) is 9.93 Å². The molecule has 32 heavy (non-hydrogen) atoms. The number of fused-ring (bicyclic) bond motifs is 1. The van der Waals surface area contributed by atoms with Gasteiger partial charge in [0.1, 0.15) is 0 Å². The van der Waals surface area contributed by atoms with Crippen LogP contribution in [0.15, 0.2) is 48.8 Å². The maximum atomic E-state index is 12.9. The van der Waals surface area contributed by atoms with Gasteiger partial charge in [0.2, 0.25) is 0 Å². The van der Waals surface area contributed by atoms with Crippen LogP contribution in [0.2, 0.25) is 0 Å². The number of benzene rings is 1. The Hall–Kier alpha value is -1.46. The van der Waals surface area contributed by atoms with Crippen LogP contribution in [0, 0.1) is 21.8 Å². The van der Waals surface area contributed by atoms with Gasteiger partial charge >= 0.3 is 183 Å². The summed E-state index contributed by atoms with van der Waals surface area (Å²) in [5.41, 5.74) is 4.32. The maximum Gasteiger partial charge on any atom is 1.00 e. The van der Waals surface area contributed by atoms with E-state index in [4.69, 9.17) is 0 Å². The van der Waals surface area contributed by atoms with Gasteiger partial charge in [-0.05, 0) is 6.07 Å². The number of pyridine rings is 1. The molecule has 4 rings (SSSR count). The third-order valence-electron chi connectivity index (χ3n) is 5.60. The number of carbonyl (C=O) groups excluding carboxylic acids is 1. The first kappa shape index (κ1) is 28.6. The Balaban J connectivity index is 0.00000171. The number of halogens is 1. The molecule has 0 bridgehead atoms. The van der Waals surface area contributed by atoms with Gasteiger partial charge in [0, 0.05) is 6.20 Å². The number of nitrogens with zero attached hydrogens (tertiary/aromatic N) is 2. The zero-order valence-corrected chi connectivity index (χ0v) is 21.5. The van der Waals surface area contributed by atoms with E-state index in [2.05, 4.69) is 29.5 Å². The van der Waals surface area contributed by atoms with Crippen molar-refractivity contribution in [1.29, 1.82) is 0 Å². The maximum absolute atomic E-state index is 12.9. The van der Waals surface area contributed by atoms with Gasteiger partial charge in [-0.1, -0.05) is 6.07 Å². The van der Waals surface area contributed by atoms with Gasteiger partial charge < -0.3 is 14.9 Å². The molecule has 3 aromatic rings. The molecule has 5 nitrogen and oxygen atoms in total. The van der Waals surface area contributed by atoms with E-state index in [1.165, 1.54) is 24.8 Å². The average molecular weight is 540 g/mol. The van der Waals surface area contributed by atoms with Crippen molar-refractivity contribution in [1.82, 2.24) is 9.61 Å². The van der Waals surface area contributed by atoms with E-state index in [0.29, 0.717) is 16.1 Å². The summed E-state index contributed by atoms with van der Waals surface area (Å²) in [6, 6.07) is 11.9. The summed E-state index contributed by atoms with van der Waals surface area (Å²) in [4.78, 5) is 12.9. The third-order valence-corrected chi connectivity index (χ3v) is 8.49. The van der Waals surface area contributed by atoms with Crippen LogP contribution in [0.3, 0.4) is 0 Å². The molecule has 0 saturated heterocycles. The van der Waals surface area contributed by atoms with Gasteiger partial charge in [0.05, 0.1) is 0 Å². The van der Waals surface area contributed by atoms with Crippen molar-refractivity contribution >= 4 is 17.1 Å². The Labute approximate surface area is 214 Å². The quantitative estimate of drug-likeness (QED) is 0.146. The molecule has 2 atom stereocenters. The number of rotatable bonds is 5. The Morgan fingerprint density at radius 1 is 1.19 bits per heavy atom. The summed E-state index contributed by atoms with van der Waals surface area (Å²) in [6.07, 6.45) is 9.40. The zero-order chi connectivity index (χ0) is 20.2. The number of aliphatic hydroxyl groups is 1. The number of alkyl halides is 2. The standard InChI is InChI=1S/C23H26IN3O2.2CH3.Li/c1-16-11-18(17-5-4-6-19(9-8-17)24-15-28)13-20(12-16)26-23(29)21-14-25-27-10-3-2-7-22(21)27;;;/h2-3,7,10-14,17,19,28H,1,4-6,8-9,15H2,(H,26,29);2*1H3;/q-2;2*-1;+1. The molecule has 2 aromatic heterocycles. The number of aromatic nitrogens is 2. The second-order valence-corrected chi connectivity index (χ2v) is 10.9. The van der Waals surface area contributed by atoms with Crippen molar-refractivity contribution < 1.29 is 50.0 Å². The van der Waals surface area contributed by atoms with E-state index >= 15 is 0 Å². The molecule has 7 heteroatoms. The summed E-state index contributed by atoms with van der Waals surface area (Å²) in [6.45, 7) is 4.13. The van der Waals surface area contributed by atoms with Gasteiger partial charge in [-0.2, -0.15) is 0 Å². The fourth-order valence-electron chi connectivity index (χ4n) is 4.18. The predicted octanol–water partition coefficient (Wildman–Crippen LogP) is -0.872. The Bertz CT molecular complexity index is 1010. The predicted molar refractivity (Wildman–Crippen MR) is 124 cm³/mol. The van der Waals surface area contributed by atoms with E-state index in [1.54, 1.807) is 10.7 Å². The molecule has 1 fully saturated rings. The van der Waals surface area contributed by atoms with Crippen LogP contribution in [0.4, 0.5) is 5.69 Å². The van der Waals surface area contributed by atoms with Gasteiger partial charge in [0.15, 0.2) is 0 Å². The molecule has 2 unspecified atom stereocenters. The summed E-state index contributed by atoms with van der Waals surface area (Å²) in [5, 5.41) is 16.6. The second-order valence-electron chi connectivity index (χ2n) is 7.58. The van der Waals surface area contributed by atoms with Crippen LogP contribution < -0.4 is 45.4 Å². The molecule has 1 amide bonds. The minimum atomic E-state index is -0.156. The van der Waals surface area contributed by atoms with Crippen LogP contribution in [0.25, 0.3) is 5.52 Å². The third kappa shape index (κ3) is 6.77. The van der Waals surface area contributed by atoms with Crippen LogP contribution in [-0.4, -0.2) is 29.2 Å². The van der Waals surface area contributed by atoms with E-state index in [1.807, 2.05) is 30.5 Å². The number of amides is 1. The van der Waals surface area contributed by atoms with Crippen LogP contribution in [0.1, 0.15) is 59.5 Å². The second kappa shape index (κ2) is 13.3. The smallest absolute Gasteiger partial charge is 0.358 e. The van der Waals surface area contributed by atoms with Crippen molar-refractivity contribution in [2.45, 2.75) is 41.9 Å². The first-order valence-electron chi connectivity index (χ1n) is 10.0. The van der Waals surface area contributed by atoms with Crippen molar-refractivity contribution in [3.8, 4) is 0 Å². The number of nitrogens with one attached hydrogen (secondary N) is 1. The van der Waals surface area contributed by atoms with Gasteiger partial charge in [0.25, 0.3) is 0 Å². The number of aliphatic hydroxyl groups excluding tert-OH is 1. The fraction of sp³-hybridized carbons (Fsp3) is 0.320. The van der Waals surface area contributed by atoms with E-state index in [0.717, 1.165) is 33.5 Å². The molecule has 1 aromatic carbocycles. The fourth-order valence-corrected chi connectivity index (χ4v) is 6.41. The zero-order valence-electron chi connectivity index (χ0n) is 19.4. The summed E-state index contributed by atoms with van der Waals surface area (Å²) >= 11 is -0.0833. The van der Waals surface area contributed by atoms with Crippen molar-refractivity contribution in [3.63, 3.8) is 0 Å². The van der Waals surface area contributed by atoms with Gasteiger partial charge in [-0.25, -0.2) is 0 Å². The Morgan fingerprint density at radius 3 is 2.78 bits per heavy atom. The molecule has 1 aliphatic carbocycles. The monoisotopic (exact) mass is 540 g/mol. The molecular formula is C25H32ILiN3O2-3. The topological polar surface area (TPSA) is 66.6 Å². The van der Waals surface area contributed by atoms with Gasteiger partial charge in [-0.3, -0.25) is 0 Å². The minimum absolute atomic E-state index is 0. The first-order valence-corrected chi connectivity index (χ1v) is 12.8. The van der Waals surface area contributed by atoms with E-state index < -0.39 is 0 Å². The average Bonchev–Trinajstić information content (AvgIpc) is 3.00. The molecule has 0 radical (unpaired) electrons. The SMILES string of the molecule is [CH2-]c1cc(NC(=O)c2cnn3ccccc23)cc(C2CCCC([I-]CO)CC2)c1.[CH3-].[CH3-].[Li+]. The molecule has 2 N–H and O–H groups in total. The van der Waals surface area contributed by atoms with Crippen molar-refractivity contribution in [2.24, 2.45) is 0 Å². The molecule has 0 aliphatic heterocycles. The molecular weight excluding hydrogens is 508 g/mol. The number of anilines is 1. The van der Waals surface area contributed by atoms with Crippen LogP contribution in [-0.2, 0) is 0 Å². The van der Waals surface area contributed by atoms with Crippen LogP contribution >= 0.6 is 0 Å². The van der Waals surface area contributed by atoms with Gasteiger partial charge in [-0.15, -0.1) is 0 Å². The van der Waals surface area contributed by atoms with E-state index in [9.17, 15) is 9.90 Å². The van der Waals surface area contributed by atoms with Crippen LogP contribution in [0.5, 0.6) is 0 Å². The van der Waals surface area contributed by atoms with Crippen molar-refractivity contribution in [3.05, 3.63) is 87.3 Å². The van der Waals surface area contributed by atoms with E-state index in [-0.39, 0.29) is 60.8 Å². The molecule has 170 valence electrons. The summed E-state index contributed by atoms with van der Waals surface area (Å²) in [7, 11) is 0. The Kier molecular flexibility index (Phi) is 11.9. The first-order chi connectivity index (χ1) is 14.1. The summed E-state index contributed by atoms with van der Waals surface area (Å²) in [5.74, 6) is 0.341. The summed E-state index contributed by atoms with van der Waals surface area (Å²) < 4.78 is 2.83. The molecule has 2 heterocycles. The molecule has 1 aliphatic rings. The number of hydrogen-bond acceptors (Lipinski definition) is 3. The number of hydrogen-bond donors (Lipinski definition) is 2. The minimum Gasteiger partial charge on any atom is -0.358 e. The largest absolute Gasteiger partial charge is 1.00 e. The normalized spacial score (nSPS) is 18.0.